The normalized spacial score (nSPS) is 13.8. The SMILES string of the molecule is c1ccc([Si]2(c3ccccc3)c3ccccc3[Si]3(c4ccccc4Sc4ccccc43)c3ccc(-c4ccc(N(c5ccc(-c6cccc7ccccc67)cc5)c5ccc6c(c5)oc5ccccc56)cc4)cc32)cc1. The molecule has 2 aliphatic rings. The molecule has 2 nitrogen and oxygen atoms in total. The Hall–Kier alpha value is -8.72. The van der Waals surface area contributed by atoms with Crippen molar-refractivity contribution in [3.63, 3.8) is 0 Å². The summed E-state index contributed by atoms with van der Waals surface area (Å²) in [6.07, 6.45) is 0. The van der Waals surface area contributed by atoms with Crippen LogP contribution in [0.1, 0.15) is 0 Å². The molecular formula is C70H47NOSSi2. The Morgan fingerprint density at radius 2 is 0.787 bits per heavy atom. The Bertz CT molecular complexity index is 4250. The molecule has 1 spiro atoms. The lowest BCUT2D eigenvalue weighted by atomic mass is 9.98. The van der Waals surface area contributed by atoms with E-state index in [0.29, 0.717) is 0 Å². The van der Waals surface area contributed by atoms with Crippen LogP contribution in [-0.4, -0.2) is 16.1 Å². The molecular weight excluding hydrogens is 959 g/mol. The highest BCUT2D eigenvalue weighted by atomic mass is 32.2. The van der Waals surface area contributed by atoms with Crippen molar-refractivity contribution in [1.82, 2.24) is 0 Å². The molecule has 2 aliphatic heterocycles. The van der Waals surface area contributed by atoms with Crippen LogP contribution in [0.2, 0.25) is 0 Å². The molecule has 0 saturated carbocycles. The van der Waals surface area contributed by atoms with Crippen molar-refractivity contribution in [1.29, 1.82) is 0 Å². The first-order chi connectivity index (χ1) is 37.2. The fraction of sp³-hybridized carbons (Fsp3) is 0. The van der Waals surface area contributed by atoms with E-state index in [4.69, 9.17) is 4.42 Å². The third-order valence-corrected chi connectivity index (χ3v) is 27.9. The molecule has 13 aromatic rings. The molecule has 15 rings (SSSR count). The largest absolute Gasteiger partial charge is 0.456 e. The molecule has 0 N–H and O–H groups in total. The lowest BCUT2D eigenvalue weighted by Crippen LogP contribution is -2.93. The summed E-state index contributed by atoms with van der Waals surface area (Å²) in [5.74, 6) is 0. The number of para-hydroxylation sites is 1. The van der Waals surface area contributed by atoms with Gasteiger partial charge in [0.2, 0.25) is 0 Å². The maximum Gasteiger partial charge on any atom is 0.181 e. The Labute approximate surface area is 442 Å². The number of furan rings is 1. The predicted octanol–water partition coefficient (Wildman–Crippen LogP) is 13.1. The van der Waals surface area contributed by atoms with Gasteiger partial charge in [-0.1, -0.05) is 236 Å². The predicted molar refractivity (Wildman–Crippen MR) is 322 cm³/mol. The van der Waals surface area contributed by atoms with Gasteiger partial charge in [-0.3, -0.25) is 0 Å². The minimum absolute atomic E-state index is 0.867. The van der Waals surface area contributed by atoms with E-state index in [2.05, 4.69) is 284 Å². The van der Waals surface area contributed by atoms with Crippen LogP contribution >= 0.6 is 11.8 Å². The van der Waals surface area contributed by atoms with Crippen LogP contribution in [-0.2, 0) is 0 Å². The van der Waals surface area contributed by atoms with E-state index >= 15 is 0 Å². The van der Waals surface area contributed by atoms with E-state index in [1.54, 1.807) is 0 Å². The topological polar surface area (TPSA) is 16.4 Å². The molecule has 0 bridgehead atoms. The second-order valence-corrected chi connectivity index (χ2v) is 28.3. The van der Waals surface area contributed by atoms with Crippen molar-refractivity contribution in [2.75, 3.05) is 4.90 Å². The number of nitrogens with zero attached hydrogens (tertiary/aromatic N) is 1. The number of rotatable bonds is 7. The van der Waals surface area contributed by atoms with Crippen molar-refractivity contribution < 1.29 is 4.42 Å². The Balaban J connectivity index is 0.928. The summed E-state index contributed by atoms with van der Waals surface area (Å²) in [5, 5.41) is 16.5. The van der Waals surface area contributed by atoms with Crippen LogP contribution in [0.5, 0.6) is 0 Å². The molecule has 0 atom stereocenters. The first-order valence-corrected chi connectivity index (χ1v) is 30.6. The lowest BCUT2D eigenvalue weighted by Gasteiger charge is -2.50. The summed E-state index contributed by atoms with van der Waals surface area (Å²) < 4.78 is 6.52. The number of hydrogen-bond acceptors (Lipinski definition) is 3. The summed E-state index contributed by atoms with van der Waals surface area (Å²) in [4.78, 5) is 5.09. The van der Waals surface area contributed by atoms with Gasteiger partial charge >= 0.3 is 0 Å². The summed E-state index contributed by atoms with van der Waals surface area (Å²) >= 11 is 1.93. The Morgan fingerprint density at radius 1 is 0.293 bits per heavy atom. The van der Waals surface area contributed by atoms with Crippen LogP contribution in [0.3, 0.4) is 0 Å². The molecule has 0 unspecified atom stereocenters. The van der Waals surface area contributed by atoms with E-state index < -0.39 is 16.1 Å². The van der Waals surface area contributed by atoms with Gasteiger partial charge in [0.05, 0.1) is 0 Å². The third-order valence-electron chi connectivity index (χ3n) is 16.1. The smallest absolute Gasteiger partial charge is 0.181 e. The minimum Gasteiger partial charge on any atom is -0.456 e. The van der Waals surface area contributed by atoms with E-state index in [1.807, 2.05) is 17.8 Å². The third kappa shape index (κ3) is 6.65. The molecule has 352 valence electrons. The zero-order chi connectivity index (χ0) is 49.5. The van der Waals surface area contributed by atoms with E-state index in [0.717, 1.165) is 39.0 Å². The summed E-state index contributed by atoms with van der Waals surface area (Å²) in [5.41, 5.74) is 9.73. The maximum absolute atomic E-state index is 6.52. The van der Waals surface area contributed by atoms with Crippen molar-refractivity contribution in [3.8, 4) is 22.3 Å². The highest BCUT2D eigenvalue weighted by Gasteiger charge is 2.58. The summed E-state index contributed by atoms with van der Waals surface area (Å²) in [7, 11) is -5.88. The van der Waals surface area contributed by atoms with Gasteiger partial charge in [-0.2, -0.15) is 0 Å². The number of benzene rings is 12. The molecule has 3 heterocycles. The van der Waals surface area contributed by atoms with E-state index in [9.17, 15) is 0 Å². The van der Waals surface area contributed by atoms with Gasteiger partial charge in [0.25, 0.3) is 0 Å². The van der Waals surface area contributed by atoms with Crippen LogP contribution < -0.4 is 46.4 Å². The van der Waals surface area contributed by atoms with E-state index in [-0.39, 0.29) is 0 Å². The minimum atomic E-state index is -2.98. The van der Waals surface area contributed by atoms with Crippen molar-refractivity contribution in [2.24, 2.45) is 0 Å². The van der Waals surface area contributed by atoms with Crippen molar-refractivity contribution in [2.45, 2.75) is 9.79 Å². The number of fused-ring (bicyclic) bond motifs is 12. The molecule has 0 amide bonds. The van der Waals surface area contributed by atoms with Crippen LogP contribution in [0, 0.1) is 0 Å². The van der Waals surface area contributed by atoms with Gasteiger partial charge in [0, 0.05) is 43.7 Å². The fourth-order valence-electron chi connectivity index (χ4n) is 12.9. The van der Waals surface area contributed by atoms with Crippen LogP contribution in [0.4, 0.5) is 17.1 Å². The first-order valence-electron chi connectivity index (χ1n) is 25.8. The monoisotopic (exact) mass is 1010 g/mol. The average Bonchev–Trinajstić information content (AvgIpc) is 3.86. The molecule has 5 heteroatoms. The van der Waals surface area contributed by atoms with Crippen molar-refractivity contribution >= 4 is 119 Å². The summed E-state index contributed by atoms with van der Waals surface area (Å²) in [6, 6.07) is 107. The molecule has 0 saturated heterocycles. The zero-order valence-corrected chi connectivity index (χ0v) is 43.7. The standard InChI is InChI=1S/C70H47NOSSi2/c1-3-20-55(21-4-1)74(56-22-5-2-6-23-56)67-32-15-16-33-68(67)75(65-30-13-11-28-63(65)73-64-29-12-14-31-66(64)75)69-45-38-51(46-70(69)74)48-34-39-52(40-35-48)71(54-43-44-60-59-25-9-10-27-61(59)72-62(60)47-54)53-41-36-50(37-42-53)58-26-17-19-49-18-7-8-24-57(49)58/h1-47H. The average molecular weight is 1010 g/mol. The Kier molecular flexibility index (Phi) is 10.2. The number of hydrogen-bond donors (Lipinski definition) is 0. The first kappa shape index (κ1) is 43.8. The molecule has 12 aromatic carbocycles. The van der Waals surface area contributed by atoms with E-state index in [1.165, 1.54) is 84.3 Å². The molecule has 0 fully saturated rings. The van der Waals surface area contributed by atoms with Crippen molar-refractivity contribution in [3.05, 3.63) is 285 Å². The van der Waals surface area contributed by atoms with Gasteiger partial charge in [0.1, 0.15) is 11.2 Å². The Morgan fingerprint density at radius 3 is 1.47 bits per heavy atom. The van der Waals surface area contributed by atoms with Gasteiger partial charge in [-0.05, 0) is 129 Å². The summed E-state index contributed by atoms with van der Waals surface area (Å²) in [6.45, 7) is 0. The van der Waals surface area contributed by atoms with Gasteiger partial charge < -0.3 is 9.32 Å². The molecule has 1 aromatic heterocycles. The van der Waals surface area contributed by atoms with Gasteiger partial charge in [0.15, 0.2) is 16.1 Å². The van der Waals surface area contributed by atoms with Gasteiger partial charge in [-0.25, -0.2) is 0 Å². The highest BCUT2D eigenvalue weighted by Crippen LogP contribution is 2.41. The second kappa shape index (κ2) is 17.5. The van der Waals surface area contributed by atoms with Crippen LogP contribution in [0.25, 0.3) is 55.0 Å². The maximum atomic E-state index is 6.52. The van der Waals surface area contributed by atoms with Crippen LogP contribution in [0.15, 0.2) is 299 Å². The number of anilines is 3. The highest BCUT2D eigenvalue weighted by molar-refractivity contribution is 8.00. The second-order valence-electron chi connectivity index (χ2n) is 19.9. The molecule has 0 radical (unpaired) electrons. The molecule has 0 aliphatic carbocycles. The van der Waals surface area contributed by atoms with Gasteiger partial charge in [-0.15, -0.1) is 0 Å². The zero-order valence-electron chi connectivity index (χ0n) is 40.9. The fourth-order valence-corrected chi connectivity index (χ4v) is 27.2. The molecule has 75 heavy (non-hydrogen) atoms. The quantitative estimate of drug-likeness (QED) is 0.148. The lowest BCUT2D eigenvalue weighted by molar-refractivity contribution is 0.669.